The Kier molecular flexibility index (Phi) is 2.29. The van der Waals surface area contributed by atoms with Crippen molar-refractivity contribution < 1.29 is 9.59 Å². The van der Waals surface area contributed by atoms with Gasteiger partial charge in [0.25, 0.3) is 0 Å². The number of carbonyl (C=O) groups is 2. The molecule has 0 aliphatic carbocycles. The second kappa shape index (κ2) is 3.81. The quantitative estimate of drug-likeness (QED) is 0.817. The SMILES string of the molecule is O=C1CC(=O)N(c2cc(-c3cccs3)[nH]n2)C1. The summed E-state index contributed by atoms with van der Waals surface area (Å²) >= 11 is 1.59. The lowest BCUT2D eigenvalue weighted by Crippen LogP contribution is -2.24. The van der Waals surface area contributed by atoms with Crippen LogP contribution in [0.3, 0.4) is 0 Å². The van der Waals surface area contributed by atoms with Crippen molar-refractivity contribution in [3.05, 3.63) is 23.6 Å². The third-order valence-electron chi connectivity index (χ3n) is 2.61. The van der Waals surface area contributed by atoms with Gasteiger partial charge >= 0.3 is 0 Å². The van der Waals surface area contributed by atoms with E-state index in [0.29, 0.717) is 5.82 Å². The predicted octanol–water partition coefficient (Wildman–Crippen LogP) is 1.44. The topological polar surface area (TPSA) is 66.1 Å². The van der Waals surface area contributed by atoms with Crippen molar-refractivity contribution in [1.29, 1.82) is 0 Å². The third-order valence-corrected chi connectivity index (χ3v) is 3.51. The van der Waals surface area contributed by atoms with Crippen molar-refractivity contribution in [2.45, 2.75) is 6.42 Å². The number of aromatic nitrogens is 2. The van der Waals surface area contributed by atoms with Crippen LogP contribution >= 0.6 is 11.3 Å². The first-order valence-electron chi connectivity index (χ1n) is 5.15. The lowest BCUT2D eigenvalue weighted by Gasteiger charge is -2.09. The molecule has 1 aliphatic heterocycles. The van der Waals surface area contributed by atoms with E-state index in [4.69, 9.17) is 0 Å². The van der Waals surface area contributed by atoms with E-state index in [2.05, 4.69) is 10.2 Å². The van der Waals surface area contributed by atoms with Gasteiger partial charge in [-0.25, -0.2) is 0 Å². The number of ketones is 1. The predicted molar refractivity (Wildman–Crippen MR) is 63.9 cm³/mol. The average Bonchev–Trinajstić information content (AvgIpc) is 2.97. The van der Waals surface area contributed by atoms with Gasteiger partial charge in [0.05, 0.1) is 23.5 Å². The van der Waals surface area contributed by atoms with Crippen molar-refractivity contribution in [3.8, 4) is 10.6 Å². The molecule has 0 spiro atoms. The summed E-state index contributed by atoms with van der Waals surface area (Å²) in [5.74, 6) is 0.277. The Morgan fingerprint density at radius 1 is 1.41 bits per heavy atom. The van der Waals surface area contributed by atoms with Crippen LogP contribution in [0, 0.1) is 0 Å². The van der Waals surface area contributed by atoms with Crippen LogP contribution in [0.5, 0.6) is 0 Å². The standard InChI is InChI=1S/C11H9N3O2S/c15-7-4-11(16)14(6-7)10-5-8(12-13-10)9-2-1-3-17-9/h1-3,5H,4,6H2,(H,12,13). The van der Waals surface area contributed by atoms with E-state index in [0.717, 1.165) is 10.6 Å². The first-order valence-corrected chi connectivity index (χ1v) is 6.03. The van der Waals surface area contributed by atoms with Crippen LogP contribution in [-0.4, -0.2) is 28.4 Å². The van der Waals surface area contributed by atoms with Gasteiger partial charge in [0, 0.05) is 6.07 Å². The van der Waals surface area contributed by atoms with Crippen LogP contribution in [0.25, 0.3) is 10.6 Å². The molecule has 1 amide bonds. The Morgan fingerprint density at radius 2 is 2.29 bits per heavy atom. The molecule has 1 fully saturated rings. The van der Waals surface area contributed by atoms with Crippen LogP contribution in [0.4, 0.5) is 5.82 Å². The van der Waals surface area contributed by atoms with Gasteiger partial charge < -0.3 is 0 Å². The van der Waals surface area contributed by atoms with Gasteiger partial charge in [-0.3, -0.25) is 19.6 Å². The third kappa shape index (κ3) is 1.76. The number of carbonyl (C=O) groups excluding carboxylic acids is 2. The van der Waals surface area contributed by atoms with Gasteiger partial charge in [-0.15, -0.1) is 11.3 Å². The lowest BCUT2D eigenvalue weighted by molar-refractivity contribution is -0.121. The summed E-state index contributed by atoms with van der Waals surface area (Å²) in [4.78, 5) is 25.2. The van der Waals surface area contributed by atoms with Gasteiger partial charge in [-0.1, -0.05) is 6.07 Å². The molecule has 1 N–H and O–H groups in total. The Morgan fingerprint density at radius 3 is 2.94 bits per heavy atom. The fourth-order valence-electron chi connectivity index (χ4n) is 1.80. The van der Waals surface area contributed by atoms with Crippen LogP contribution < -0.4 is 4.90 Å². The van der Waals surface area contributed by atoms with Crippen molar-refractivity contribution in [1.82, 2.24) is 10.2 Å². The van der Waals surface area contributed by atoms with E-state index >= 15 is 0 Å². The number of hydrogen-bond acceptors (Lipinski definition) is 4. The maximum atomic E-state index is 11.5. The minimum absolute atomic E-state index is 0.0127. The first-order chi connectivity index (χ1) is 8.24. The molecular formula is C11H9N3O2S. The van der Waals surface area contributed by atoms with Gasteiger partial charge in [0.15, 0.2) is 11.6 Å². The van der Waals surface area contributed by atoms with Gasteiger partial charge in [0.1, 0.15) is 0 Å². The highest BCUT2D eigenvalue weighted by atomic mass is 32.1. The molecule has 1 aliphatic rings. The minimum Gasteiger partial charge on any atom is -0.297 e. The zero-order chi connectivity index (χ0) is 11.8. The Hall–Kier alpha value is -1.95. The summed E-state index contributed by atoms with van der Waals surface area (Å²) in [6.45, 7) is 0.133. The fourth-order valence-corrected chi connectivity index (χ4v) is 2.49. The van der Waals surface area contributed by atoms with E-state index < -0.39 is 0 Å². The summed E-state index contributed by atoms with van der Waals surface area (Å²) in [5.41, 5.74) is 0.863. The second-order valence-electron chi connectivity index (χ2n) is 3.81. The lowest BCUT2D eigenvalue weighted by atomic mass is 10.3. The molecule has 3 heterocycles. The smallest absolute Gasteiger partial charge is 0.236 e. The van der Waals surface area contributed by atoms with E-state index in [9.17, 15) is 9.59 Å². The molecule has 0 radical (unpaired) electrons. The van der Waals surface area contributed by atoms with Gasteiger partial charge in [-0.2, -0.15) is 5.10 Å². The van der Waals surface area contributed by atoms with E-state index in [1.807, 2.05) is 17.5 Å². The van der Waals surface area contributed by atoms with Crippen molar-refractivity contribution in [3.63, 3.8) is 0 Å². The zero-order valence-electron chi connectivity index (χ0n) is 8.84. The molecule has 0 aromatic carbocycles. The van der Waals surface area contributed by atoms with E-state index in [1.165, 1.54) is 4.90 Å². The van der Waals surface area contributed by atoms with Crippen molar-refractivity contribution >= 4 is 28.8 Å². The maximum Gasteiger partial charge on any atom is 0.236 e. The van der Waals surface area contributed by atoms with Gasteiger partial charge in [-0.05, 0) is 11.4 Å². The molecule has 2 aromatic rings. The highest BCUT2D eigenvalue weighted by Crippen LogP contribution is 2.27. The molecule has 0 atom stereocenters. The van der Waals surface area contributed by atoms with Crippen LogP contribution in [0.15, 0.2) is 23.6 Å². The molecule has 1 saturated heterocycles. The number of Topliss-reactive ketones (excluding diaryl/α,β-unsaturated/α-hetero) is 1. The molecule has 86 valence electrons. The van der Waals surface area contributed by atoms with Crippen molar-refractivity contribution in [2.75, 3.05) is 11.4 Å². The van der Waals surface area contributed by atoms with Crippen LogP contribution in [0.2, 0.25) is 0 Å². The maximum absolute atomic E-state index is 11.5. The molecule has 2 aromatic heterocycles. The number of rotatable bonds is 2. The minimum atomic E-state index is -0.181. The normalized spacial score (nSPS) is 15.9. The number of nitrogens with zero attached hydrogens (tertiary/aromatic N) is 2. The van der Waals surface area contributed by atoms with Gasteiger partial charge in [0.2, 0.25) is 5.91 Å². The Balaban J connectivity index is 1.91. The molecule has 0 saturated carbocycles. The second-order valence-corrected chi connectivity index (χ2v) is 4.76. The summed E-state index contributed by atoms with van der Waals surface area (Å²) in [6, 6.07) is 5.71. The summed E-state index contributed by atoms with van der Waals surface area (Å²) in [6.07, 6.45) is -0.0127. The Bertz CT molecular complexity index is 573. The largest absolute Gasteiger partial charge is 0.297 e. The number of hydrogen-bond donors (Lipinski definition) is 1. The number of amides is 1. The van der Waals surface area contributed by atoms with Crippen LogP contribution in [-0.2, 0) is 9.59 Å². The van der Waals surface area contributed by atoms with Crippen molar-refractivity contribution in [2.24, 2.45) is 0 Å². The van der Waals surface area contributed by atoms with E-state index in [-0.39, 0.29) is 24.7 Å². The number of aromatic amines is 1. The monoisotopic (exact) mass is 247 g/mol. The molecule has 0 unspecified atom stereocenters. The van der Waals surface area contributed by atoms with Crippen LogP contribution in [0.1, 0.15) is 6.42 Å². The summed E-state index contributed by atoms with van der Waals surface area (Å²) in [7, 11) is 0. The summed E-state index contributed by atoms with van der Waals surface area (Å²) in [5, 5.41) is 8.92. The highest BCUT2D eigenvalue weighted by molar-refractivity contribution is 7.13. The number of anilines is 1. The highest BCUT2D eigenvalue weighted by Gasteiger charge is 2.30. The molecule has 0 bridgehead atoms. The molecule has 17 heavy (non-hydrogen) atoms. The molecule has 6 heteroatoms. The number of H-pyrrole nitrogens is 1. The molecule has 3 rings (SSSR count). The Labute approximate surface area is 101 Å². The number of thiophene rings is 1. The zero-order valence-corrected chi connectivity index (χ0v) is 9.66. The summed E-state index contributed by atoms with van der Waals surface area (Å²) < 4.78 is 0. The first kappa shape index (κ1) is 10.2. The molecule has 5 nitrogen and oxygen atoms in total. The number of nitrogens with one attached hydrogen (secondary N) is 1. The average molecular weight is 247 g/mol. The fraction of sp³-hybridized carbons (Fsp3) is 0.182. The van der Waals surface area contributed by atoms with E-state index in [1.54, 1.807) is 17.4 Å². The molecular weight excluding hydrogens is 238 g/mol.